The van der Waals surface area contributed by atoms with Crippen LogP contribution < -0.4 is 5.73 Å². The van der Waals surface area contributed by atoms with E-state index in [2.05, 4.69) is 0 Å². The van der Waals surface area contributed by atoms with E-state index in [1.807, 2.05) is 0 Å². The van der Waals surface area contributed by atoms with E-state index in [-0.39, 0.29) is 5.78 Å². The Labute approximate surface area is 94.4 Å². The van der Waals surface area contributed by atoms with Gasteiger partial charge in [0.2, 0.25) is 0 Å². The molecule has 0 atom stereocenters. The Hall–Kier alpha value is -1.02. The number of nitrogen functional groups attached to an aromatic ring is 1. The largest absolute Gasteiger partial charge is 0.398 e. The predicted octanol–water partition coefficient (Wildman–Crippen LogP) is 3.30. The first-order chi connectivity index (χ1) is 7.16. The number of hydrogen-bond donors (Lipinski definition) is 1. The van der Waals surface area contributed by atoms with Crippen molar-refractivity contribution in [3.63, 3.8) is 0 Å². The summed E-state index contributed by atoms with van der Waals surface area (Å²) in [6.45, 7) is 0. The Morgan fingerprint density at radius 1 is 1.47 bits per heavy atom. The minimum absolute atomic E-state index is 0.183. The van der Waals surface area contributed by atoms with Crippen LogP contribution >= 0.6 is 11.6 Å². The molecule has 2 rings (SSSR count). The first-order valence-electron chi connectivity index (χ1n) is 5.25. The maximum Gasteiger partial charge on any atom is 0.163 e. The second kappa shape index (κ2) is 4.23. The fourth-order valence-electron chi connectivity index (χ4n) is 1.79. The fourth-order valence-corrected chi connectivity index (χ4v) is 1.91. The fraction of sp³-hybridized carbons (Fsp3) is 0.417. The van der Waals surface area contributed by atoms with Gasteiger partial charge in [0, 0.05) is 12.0 Å². The molecule has 1 aliphatic carbocycles. The van der Waals surface area contributed by atoms with Crippen LogP contribution in [0.3, 0.4) is 0 Å². The standard InChI is InChI=1S/C12H14ClNO/c13-10-5-4-9(7-11(10)14)12(15)6-8-2-1-3-8/h4-5,7-8H,1-3,6,14H2. The van der Waals surface area contributed by atoms with Gasteiger partial charge in [0.05, 0.1) is 10.7 Å². The third-order valence-electron chi connectivity index (χ3n) is 3.02. The smallest absolute Gasteiger partial charge is 0.163 e. The SMILES string of the molecule is Nc1cc(C(=O)CC2CCC2)ccc1Cl. The van der Waals surface area contributed by atoms with Crippen molar-refractivity contribution < 1.29 is 4.79 Å². The average molecular weight is 224 g/mol. The molecular formula is C12H14ClNO. The van der Waals surface area contributed by atoms with Crippen molar-refractivity contribution >= 4 is 23.1 Å². The molecular weight excluding hydrogens is 210 g/mol. The highest BCUT2D eigenvalue weighted by Crippen LogP contribution is 2.31. The van der Waals surface area contributed by atoms with Crippen LogP contribution in [0.15, 0.2) is 18.2 Å². The Bertz CT molecular complexity index is 385. The van der Waals surface area contributed by atoms with Gasteiger partial charge in [-0.05, 0) is 24.1 Å². The summed E-state index contributed by atoms with van der Waals surface area (Å²) in [5.74, 6) is 0.775. The molecule has 1 saturated carbocycles. The van der Waals surface area contributed by atoms with Crippen LogP contribution in [0.2, 0.25) is 5.02 Å². The van der Waals surface area contributed by atoms with Crippen molar-refractivity contribution in [1.29, 1.82) is 0 Å². The van der Waals surface area contributed by atoms with Crippen molar-refractivity contribution in [1.82, 2.24) is 0 Å². The summed E-state index contributed by atoms with van der Waals surface area (Å²) in [5.41, 5.74) is 6.82. The number of ketones is 1. The van der Waals surface area contributed by atoms with Crippen LogP contribution in [0.4, 0.5) is 5.69 Å². The van der Waals surface area contributed by atoms with Gasteiger partial charge < -0.3 is 5.73 Å². The molecule has 0 radical (unpaired) electrons. The van der Waals surface area contributed by atoms with Gasteiger partial charge in [-0.25, -0.2) is 0 Å². The van der Waals surface area contributed by atoms with Crippen LogP contribution in [0.5, 0.6) is 0 Å². The average Bonchev–Trinajstić information content (AvgIpc) is 2.15. The molecule has 2 N–H and O–H groups in total. The van der Waals surface area contributed by atoms with Crippen molar-refractivity contribution in [3.05, 3.63) is 28.8 Å². The topological polar surface area (TPSA) is 43.1 Å². The summed E-state index contributed by atoms with van der Waals surface area (Å²) in [6, 6.07) is 5.11. The van der Waals surface area contributed by atoms with E-state index >= 15 is 0 Å². The quantitative estimate of drug-likeness (QED) is 0.631. The van der Waals surface area contributed by atoms with E-state index in [0.29, 0.717) is 28.6 Å². The molecule has 0 saturated heterocycles. The van der Waals surface area contributed by atoms with E-state index in [1.165, 1.54) is 19.3 Å². The van der Waals surface area contributed by atoms with Crippen molar-refractivity contribution in [3.8, 4) is 0 Å². The van der Waals surface area contributed by atoms with Gasteiger partial charge in [0.15, 0.2) is 5.78 Å². The van der Waals surface area contributed by atoms with Crippen LogP contribution in [0.25, 0.3) is 0 Å². The van der Waals surface area contributed by atoms with Crippen LogP contribution in [0, 0.1) is 5.92 Å². The minimum atomic E-state index is 0.183. The molecule has 1 aliphatic rings. The molecule has 0 amide bonds. The lowest BCUT2D eigenvalue weighted by molar-refractivity contribution is 0.0936. The molecule has 1 fully saturated rings. The molecule has 0 spiro atoms. The maximum absolute atomic E-state index is 11.8. The van der Waals surface area contributed by atoms with Crippen molar-refractivity contribution in [2.24, 2.45) is 5.92 Å². The molecule has 0 heterocycles. The number of benzene rings is 1. The van der Waals surface area contributed by atoms with Gasteiger partial charge in [-0.15, -0.1) is 0 Å². The first kappa shape index (κ1) is 10.5. The summed E-state index contributed by atoms with van der Waals surface area (Å²) in [5, 5.41) is 0.509. The third-order valence-corrected chi connectivity index (χ3v) is 3.36. The van der Waals surface area contributed by atoms with Gasteiger partial charge >= 0.3 is 0 Å². The summed E-state index contributed by atoms with van der Waals surface area (Å²) < 4.78 is 0. The number of Topliss-reactive ketones (excluding diaryl/α,β-unsaturated/α-hetero) is 1. The molecule has 15 heavy (non-hydrogen) atoms. The predicted molar refractivity (Wildman–Crippen MR) is 62.2 cm³/mol. The minimum Gasteiger partial charge on any atom is -0.398 e. The molecule has 0 aliphatic heterocycles. The number of anilines is 1. The van der Waals surface area contributed by atoms with Gasteiger partial charge in [-0.2, -0.15) is 0 Å². The van der Waals surface area contributed by atoms with Crippen molar-refractivity contribution in [2.75, 3.05) is 5.73 Å². The van der Waals surface area contributed by atoms with E-state index in [0.717, 1.165) is 0 Å². The molecule has 0 bridgehead atoms. The second-order valence-electron chi connectivity index (χ2n) is 4.16. The van der Waals surface area contributed by atoms with Crippen molar-refractivity contribution in [2.45, 2.75) is 25.7 Å². The Kier molecular flexibility index (Phi) is 2.96. The number of halogens is 1. The number of nitrogens with two attached hydrogens (primary N) is 1. The zero-order valence-electron chi connectivity index (χ0n) is 8.50. The Balaban J connectivity index is 2.07. The van der Waals surface area contributed by atoms with Crippen LogP contribution in [0.1, 0.15) is 36.0 Å². The van der Waals surface area contributed by atoms with Gasteiger partial charge in [-0.3, -0.25) is 4.79 Å². The normalized spacial score (nSPS) is 16.1. The maximum atomic E-state index is 11.8. The zero-order chi connectivity index (χ0) is 10.8. The van der Waals surface area contributed by atoms with Crippen LogP contribution in [-0.4, -0.2) is 5.78 Å². The zero-order valence-corrected chi connectivity index (χ0v) is 9.26. The number of rotatable bonds is 3. The lowest BCUT2D eigenvalue weighted by Gasteiger charge is -2.24. The van der Waals surface area contributed by atoms with Crippen LogP contribution in [-0.2, 0) is 0 Å². The number of carbonyl (C=O) groups is 1. The summed E-state index contributed by atoms with van der Waals surface area (Å²) >= 11 is 5.79. The molecule has 0 aromatic heterocycles. The van der Waals surface area contributed by atoms with E-state index < -0.39 is 0 Å². The lowest BCUT2D eigenvalue weighted by Crippen LogP contribution is -2.16. The molecule has 80 valence electrons. The molecule has 1 aromatic rings. The highest BCUT2D eigenvalue weighted by atomic mass is 35.5. The van der Waals surface area contributed by atoms with Gasteiger partial charge in [0.25, 0.3) is 0 Å². The lowest BCUT2D eigenvalue weighted by atomic mass is 9.81. The Morgan fingerprint density at radius 3 is 2.73 bits per heavy atom. The molecule has 2 nitrogen and oxygen atoms in total. The number of hydrogen-bond acceptors (Lipinski definition) is 2. The highest BCUT2D eigenvalue weighted by Gasteiger charge is 2.21. The molecule has 1 aromatic carbocycles. The highest BCUT2D eigenvalue weighted by molar-refractivity contribution is 6.33. The van der Waals surface area contributed by atoms with Gasteiger partial charge in [-0.1, -0.05) is 30.9 Å². The summed E-state index contributed by atoms with van der Waals surface area (Å²) in [6.07, 6.45) is 4.30. The monoisotopic (exact) mass is 223 g/mol. The summed E-state index contributed by atoms with van der Waals surface area (Å²) in [4.78, 5) is 11.8. The van der Waals surface area contributed by atoms with E-state index in [1.54, 1.807) is 18.2 Å². The third kappa shape index (κ3) is 2.32. The molecule has 3 heteroatoms. The second-order valence-corrected chi connectivity index (χ2v) is 4.57. The van der Waals surface area contributed by atoms with E-state index in [9.17, 15) is 4.79 Å². The first-order valence-corrected chi connectivity index (χ1v) is 5.63. The van der Waals surface area contributed by atoms with Gasteiger partial charge in [0.1, 0.15) is 0 Å². The summed E-state index contributed by atoms with van der Waals surface area (Å²) in [7, 11) is 0. The Morgan fingerprint density at radius 2 is 2.20 bits per heavy atom. The van der Waals surface area contributed by atoms with E-state index in [4.69, 9.17) is 17.3 Å². The number of carbonyl (C=O) groups excluding carboxylic acids is 1. The molecule has 0 unspecified atom stereocenters.